The number of ether oxygens (including phenoxy) is 1. The van der Waals surface area contributed by atoms with Crippen LogP contribution >= 0.6 is 0 Å². The minimum atomic E-state index is -0.415. The van der Waals surface area contributed by atoms with Gasteiger partial charge in [0.05, 0.1) is 6.54 Å². The summed E-state index contributed by atoms with van der Waals surface area (Å²) in [5.74, 6) is 2.43. The van der Waals surface area contributed by atoms with E-state index in [2.05, 4.69) is 5.92 Å². The van der Waals surface area contributed by atoms with Crippen molar-refractivity contribution in [3.8, 4) is 12.3 Å². The summed E-state index contributed by atoms with van der Waals surface area (Å²) in [5.41, 5.74) is -0.415. The van der Waals surface area contributed by atoms with Crippen molar-refractivity contribution >= 4 is 5.97 Å². The zero-order valence-electron chi connectivity index (χ0n) is 9.75. The molecule has 0 aromatic heterocycles. The van der Waals surface area contributed by atoms with Crippen LogP contribution in [0.15, 0.2) is 0 Å². The minimum Gasteiger partial charge on any atom is -0.459 e. The maximum absolute atomic E-state index is 11.8. The van der Waals surface area contributed by atoms with Gasteiger partial charge in [0, 0.05) is 6.54 Å². The fourth-order valence-electron chi connectivity index (χ4n) is 1.77. The lowest BCUT2D eigenvalue weighted by atomic mass is 10.1. The number of hydrogen-bond acceptors (Lipinski definition) is 3. The average molecular weight is 209 g/mol. The molecule has 1 aliphatic rings. The summed E-state index contributed by atoms with van der Waals surface area (Å²) in [5, 5.41) is 0. The highest BCUT2D eigenvalue weighted by Gasteiger charge is 2.33. The van der Waals surface area contributed by atoms with E-state index in [0.29, 0.717) is 6.54 Å². The van der Waals surface area contributed by atoms with E-state index in [1.807, 2.05) is 25.7 Å². The predicted molar refractivity (Wildman–Crippen MR) is 59.3 cm³/mol. The summed E-state index contributed by atoms with van der Waals surface area (Å²) in [4.78, 5) is 13.8. The lowest BCUT2D eigenvalue weighted by Crippen LogP contribution is -2.40. The first-order valence-corrected chi connectivity index (χ1v) is 5.34. The fourth-order valence-corrected chi connectivity index (χ4v) is 1.77. The molecule has 3 heteroatoms. The molecule has 0 spiro atoms. The monoisotopic (exact) mass is 209 g/mol. The molecule has 0 saturated carbocycles. The first-order valence-electron chi connectivity index (χ1n) is 5.34. The summed E-state index contributed by atoms with van der Waals surface area (Å²) in [7, 11) is 0. The van der Waals surface area contributed by atoms with Crippen LogP contribution < -0.4 is 0 Å². The van der Waals surface area contributed by atoms with Crippen molar-refractivity contribution in [3.63, 3.8) is 0 Å². The second-order valence-electron chi connectivity index (χ2n) is 4.87. The predicted octanol–water partition coefficient (Wildman–Crippen LogP) is 1.43. The maximum atomic E-state index is 11.8. The van der Waals surface area contributed by atoms with Crippen LogP contribution in [0, 0.1) is 12.3 Å². The highest BCUT2D eigenvalue weighted by molar-refractivity contribution is 5.76. The molecule has 1 fully saturated rings. The molecule has 3 nitrogen and oxygen atoms in total. The van der Waals surface area contributed by atoms with Gasteiger partial charge >= 0.3 is 5.97 Å². The lowest BCUT2D eigenvalue weighted by molar-refractivity contribution is -0.160. The van der Waals surface area contributed by atoms with Crippen LogP contribution in [-0.2, 0) is 9.53 Å². The molecule has 1 saturated heterocycles. The van der Waals surface area contributed by atoms with Crippen molar-refractivity contribution in [2.45, 2.75) is 45.3 Å². The molecule has 15 heavy (non-hydrogen) atoms. The van der Waals surface area contributed by atoms with E-state index in [4.69, 9.17) is 11.2 Å². The van der Waals surface area contributed by atoms with Gasteiger partial charge in [0.2, 0.25) is 0 Å². The Morgan fingerprint density at radius 3 is 2.80 bits per heavy atom. The van der Waals surface area contributed by atoms with Crippen LogP contribution in [0.2, 0.25) is 0 Å². The second kappa shape index (κ2) is 4.67. The van der Waals surface area contributed by atoms with Crippen molar-refractivity contribution in [2.24, 2.45) is 0 Å². The number of likely N-dealkylation sites (tertiary alicyclic amines) is 1. The van der Waals surface area contributed by atoms with E-state index in [-0.39, 0.29) is 12.0 Å². The van der Waals surface area contributed by atoms with Gasteiger partial charge in [-0.25, -0.2) is 0 Å². The van der Waals surface area contributed by atoms with Crippen molar-refractivity contribution < 1.29 is 9.53 Å². The molecule has 0 aromatic carbocycles. The Balaban J connectivity index is 2.56. The fraction of sp³-hybridized carbons (Fsp3) is 0.750. The third kappa shape index (κ3) is 3.56. The minimum absolute atomic E-state index is 0.139. The summed E-state index contributed by atoms with van der Waals surface area (Å²) in [6, 6.07) is -0.139. The summed E-state index contributed by atoms with van der Waals surface area (Å²) < 4.78 is 5.35. The number of rotatable bonds is 2. The number of hydrogen-bond donors (Lipinski definition) is 0. The van der Waals surface area contributed by atoms with Crippen molar-refractivity contribution in [2.75, 3.05) is 13.1 Å². The van der Waals surface area contributed by atoms with Gasteiger partial charge in [0.25, 0.3) is 0 Å². The number of esters is 1. The second-order valence-corrected chi connectivity index (χ2v) is 4.87. The number of carbonyl (C=O) groups is 1. The van der Waals surface area contributed by atoms with Gasteiger partial charge in [0.15, 0.2) is 0 Å². The Morgan fingerprint density at radius 2 is 2.27 bits per heavy atom. The van der Waals surface area contributed by atoms with Crippen LogP contribution in [0.25, 0.3) is 0 Å². The average Bonchev–Trinajstić information content (AvgIpc) is 2.49. The van der Waals surface area contributed by atoms with E-state index in [1.165, 1.54) is 0 Å². The van der Waals surface area contributed by atoms with Crippen LogP contribution in [0.5, 0.6) is 0 Å². The molecule has 0 unspecified atom stereocenters. The van der Waals surface area contributed by atoms with Crippen LogP contribution in [0.4, 0.5) is 0 Å². The standard InChI is InChI=1S/C12H19NO2/c1-5-8-13-9-6-7-10(13)11(14)15-12(2,3)4/h1,10H,6-9H2,2-4H3/t10-/m1/s1. The smallest absolute Gasteiger partial charge is 0.323 e. The van der Waals surface area contributed by atoms with E-state index < -0.39 is 5.60 Å². The highest BCUT2D eigenvalue weighted by atomic mass is 16.6. The topological polar surface area (TPSA) is 29.5 Å². The molecule has 1 aliphatic heterocycles. The third-order valence-electron chi connectivity index (χ3n) is 2.34. The molecule has 1 rings (SSSR count). The van der Waals surface area contributed by atoms with Crippen LogP contribution in [0.3, 0.4) is 0 Å². The molecule has 0 N–H and O–H groups in total. The number of nitrogens with zero attached hydrogens (tertiary/aromatic N) is 1. The SMILES string of the molecule is C#CCN1CCC[C@@H]1C(=O)OC(C)(C)C. The molecule has 0 aliphatic carbocycles. The van der Waals surface area contributed by atoms with E-state index in [1.54, 1.807) is 0 Å². The lowest BCUT2D eigenvalue weighted by Gasteiger charge is -2.26. The summed E-state index contributed by atoms with van der Waals surface area (Å²) in [6.45, 7) is 7.07. The first kappa shape index (κ1) is 12.1. The zero-order valence-corrected chi connectivity index (χ0v) is 9.75. The van der Waals surface area contributed by atoms with Gasteiger partial charge in [-0.3, -0.25) is 9.69 Å². The summed E-state index contributed by atoms with van der Waals surface area (Å²) >= 11 is 0. The molecular weight excluding hydrogens is 190 g/mol. The number of carbonyl (C=O) groups excluding carboxylic acids is 1. The first-order chi connectivity index (χ1) is 6.94. The van der Waals surface area contributed by atoms with Crippen LogP contribution in [0.1, 0.15) is 33.6 Å². The van der Waals surface area contributed by atoms with E-state index in [0.717, 1.165) is 19.4 Å². The molecule has 84 valence electrons. The molecule has 0 aromatic rings. The third-order valence-corrected chi connectivity index (χ3v) is 2.34. The zero-order chi connectivity index (χ0) is 11.5. The van der Waals surface area contributed by atoms with Crippen molar-refractivity contribution in [3.05, 3.63) is 0 Å². The van der Waals surface area contributed by atoms with E-state index in [9.17, 15) is 4.79 Å². The Labute approximate surface area is 91.8 Å². The molecule has 0 amide bonds. The Kier molecular flexibility index (Phi) is 3.76. The number of terminal acetylenes is 1. The normalized spacial score (nSPS) is 22.4. The highest BCUT2D eigenvalue weighted by Crippen LogP contribution is 2.20. The van der Waals surface area contributed by atoms with Gasteiger partial charge in [-0.15, -0.1) is 6.42 Å². The molecule has 0 radical (unpaired) electrons. The largest absolute Gasteiger partial charge is 0.459 e. The van der Waals surface area contributed by atoms with Crippen molar-refractivity contribution in [1.82, 2.24) is 4.90 Å². The molecular formula is C12H19NO2. The quantitative estimate of drug-likeness (QED) is 0.509. The Morgan fingerprint density at radius 1 is 1.60 bits per heavy atom. The van der Waals surface area contributed by atoms with Gasteiger partial charge in [-0.2, -0.15) is 0 Å². The van der Waals surface area contributed by atoms with Crippen molar-refractivity contribution in [1.29, 1.82) is 0 Å². The van der Waals surface area contributed by atoms with Gasteiger partial charge in [0.1, 0.15) is 11.6 Å². The molecule has 0 bridgehead atoms. The maximum Gasteiger partial charge on any atom is 0.323 e. The van der Waals surface area contributed by atoms with Gasteiger partial charge < -0.3 is 4.74 Å². The Bertz CT molecular complexity index is 272. The summed E-state index contributed by atoms with van der Waals surface area (Å²) in [6.07, 6.45) is 7.13. The van der Waals surface area contributed by atoms with Crippen LogP contribution in [-0.4, -0.2) is 35.6 Å². The van der Waals surface area contributed by atoms with E-state index >= 15 is 0 Å². The van der Waals surface area contributed by atoms with Gasteiger partial charge in [-0.05, 0) is 33.6 Å². The van der Waals surface area contributed by atoms with Gasteiger partial charge in [-0.1, -0.05) is 5.92 Å². The Hall–Kier alpha value is -1.01. The molecule has 1 atom stereocenters. The molecule has 1 heterocycles.